The van der Waals surface area contributed by atoms with E-state index in [1.165, 1.54) is 23.2 Å². The molecule has 1 aromatic heterocycles. The van der Waals surface area contributed by atoms with Crippen LogP contribution in [0.4, 0.5) is 0 Å². The summed E-state index contributed by atoms with van der Waals surface area (Å²) in [6.45, 7) is 6.15. The van der Waals surface area contributed by atoms with Gasteiger partial charge in [0.15, 0.2) is 0 Å². The number of thiazole rings is 1. The molecular weight excluding hydrogens is 266 g/mol. The lowest BCUT2D eigenvalue weighted by molar-refractivity contribution is 0.315. The standard InChI is InChI=1S/C16H21N3S/c1-12-2-4-14(5-3-12)16-18-15(11-20-16)10-19-7-6-13(8-17)9-19/h2-5,11,13H,6-10,17H2,1H3. The fraction of sp³-hybridized carbons (Fsp3) is 0.438. The fourth-order valence-corrected chi connectivity index (χ4v) is 3.50. The van der Waals surface area contributed by atoms with Crippen LogP contribution in [0.1, 0.15) is 17.7 Å². The van der Waals surface area contributed by atoms with Crippen LogP contribution in [0.3, 0.4) is 0 Å². The molecule has 0 amide bonds. The minimum atomic E-state index is 0.671. The van der Waals surface area contributed by atoms with Gasteiger partial charge in [-0.2, -0.15) is 0 Å². The Morgan fingerprint density at radius 2 is 2.15 bits per heavy atom. The van der Waals surface area contributed by atoms with Crippen LogP contribution in [-0.4, -0.2) is 29.5 Å². The zero-order valence-corrected chi connectivity index (χ0v) is 12.7. The third-order valence-electron chi connectivity index (χ3n) is 3.94. The van der Waals surface area contributed by atoms with E-state index in [-0.39, 0.29) is 0 Å². The Morgan fingerprint density at radius 3 is 2.85 bits per heavy atom. The van der Waals surface area contributed by atoms with Crippen molar-refractivity contribution in [1.82, 2.24) is 9.88 Å². The van der Waals surface area contributed by atoms with Crippen molar-refractivity contribution in [2.75, 3.05) is 19.6 Å². The summed E-state index contributed by atoms with van der Waals surface area (Å²) in [6.07, 6.45) is 1.23. The summed E-state index contributed by atoms with van der Waals surface area (Å²) < 4.78 is 0. The molecule has 20 heavy (non-hydrogen) atoms. The molecule has 0 radical (unpaired) electrons. The van der Waals surface area contributed by atoms with Crippen LogP contribution < -0.4 is 5.73 Å². The second kappa shape index (κ2) is 6.04. The second-order valence-electron chi connectivity index (χ2n) is 5.64. The maximum Gasteiger partial charge on any atom is 0.123 e. The SMILES string of the molecule is Cc1ccc(-c2nc(CN3CCC(CN)C3)cs2)cc1. The van der Waals surface area contributed by atoms with Gasteiger partial charge in [-0.05, 0) is 32.4 Å². The lowest BCUT2D eigenvalue weighted by Crippen LogP contribution is -2.22. The summed E-state index contributed by atoms with van der Waals surface area (Å²) in [7, 11) is 0. The summed E-state index contributed by atoms with van der Waals surface area (Å²) in [5.74, 6) is 0.671. The number of hydrogen-bond acceptors (Lipinski definition) is 4. The predicted molar refractivity (Wildman–Crippen MR) is 84.7 cm³/mol. The Kier molecular flexibility index (Phi) is 4.15. The largest absolute Gasteiger partial charge is 0.330 e. The molecule has 1 aliphatic heterocycles. The molecule has 4 heteroatoms. The van der Waals surface area contributed by atoms with Gasteiger partial charge in [-0.3, -0.25) is 4.90 Å². The topological polar surface area (TPSA) is 42.2 Å². The van der Waals surface area contributed by atoms with Crippen molar-refractivity contribution in [3.8, 4) is 10.6 Å². The van der Waals surface area contributed by atoms with E-state index in [4.69, 9.17) is 10.7 Å². The lowest BCUT2D eigenvalue weighted by atomic mass is 10.1. The van der Waals surface area contributed by atoms with Gasteiger partial charge in [-0.25, -0.2) is 4.98 Å². The van der Waals surface area contributed by atoms with Crippen molar-refractivity contribution in [1.29, 1.82) is 0 Å². The van der Waals surface area contributed by atoms with E-state index in [9.17, 15) is 0 Å². The molecule has 3 rings (SSSR count). The second-order valence-corrected chi connectivity index (χ2v) is 6.49. The molecule has 1 aromatic carbocycles. The van der Waals surface area contributed by atoms with Crippen molar-refractivity contribution < 1.29 is 0 Å². The quantitative estimate of drug-likeness (QED) is 0.940. The van der Waals surface area contributed by atoms with Gasteiger partial charge in [0.05, 0.1) is 5.69 Å². The van der Waals surface area contributed by atoms with E-state index < -0.39 is 0 Å². The van der Waals surface area contributed by atoms with Gasteiger partial charge < -0.3 is 5.73 Å². The molecule has 0 bridgehead atoms. The molecule has 1 saturated heterocycles. The van der Waals surface area contributed by atoms with Crippen LogP contribution in [0.25, 0.3) is 10.6 Å². The average Bonchev–Trinajstić information content (AvgIpc) is 3.09. The van der Waals surface area contributed by atoms with Crippen LogP contribution in [0.2, 0.25) is 0 Å². The van der Waals surface area contributed by atoms with E-state index in [2.05, 4.69) is 41.5 Å². The van der Waals surface area contributed by atoms with Crippen molar-refractivity contribution in [3.05, 3.63) is 40.9 Å². The molecule has 3 nitrogen and oxygen atoms in total. The van der Waals surface area contributed by atoms with Crippen LogP contribution >= 0.6 is 11.3 Å². The minimum Gasteiger partial charge on any atom is -0.330 e. The number of nitrogens with two attached hydrogens (primary N) is 1. The fourth-order valence-electron chi connectivity index (χ4n) is 2.69. The van der Waals surface area contributed by atoms with Gasteiger partial charge in [-0.15, -0.1) is 11.3 Å². The first-order chi connectivity index (χ1) is 9.74. The first-order valence-corrected chi connectivity index (χ1v) is 8.06. The highest BCUT2D eigenvalue weighted by Crippen LogP contribution is 2.25. The number of aromatic nitrogens is 1. The average molecular weight is 287 g/mol. The van der Waals surface area contributed by atoms with E-state index >= 15 is 0 Å². The van der Waals surface area contributed by atoms with Gasteiger partial charge >= 0.3 is 0 Å². The molecule has 2 heterocycles. The monoisotopic (exact) mass is 287 g/mol. The maximum atomic E-state index is 5.74. The normalized spacial score (nSPS) is 19.6. The van der Waals surface area contributed by atoms with Crippen LogP contribution in [0, 0.1) is 12.8 Å². The maximum absolute atomic E-state index is 5.74. The summed E-state index contributed by atoms with van der Waals surface area (Å²) in [4.78, 5) is 7.23. The van der Waals surface area contributed by atoms with E-state index in [0.29, 0.717) is 5.92 Å². The number of likely N-dealkylation sites (tertiary alicyclic amines) is 1. The third-order valence-corrected chi connectivity index (χ3v) is 4.88. The summed E-state index contributed by atoms with van der Waals surface area (Å²) in [5, 5.41) is 3.31. The lowest BCUT2D eigenvalue weighted by Gasteiger charge is -2.13. The Morgan fingerprint density at radius 1 is 1.35 bits per heavy atom. The molecule has 1 unspecified atom stereocenters. The zero-order valence-electron chi connectivity index (χ0n) is 11.9. The molecule has 1 atom stereocenters. The predicted octanol–water partition coefficient (Wildman–Crippen LogP) is 2.90. The van der Waals surface area contributed by atoms with Gasteiger partial charge in [0.25, 0.3) is 0 Å². The van der Waals surface area contributed by atoms with Gasteiger partial charge in [0.2, 0.25) is 0 Å². The minimum absolute atomic E-state index is 0.671. The molecule has 0 spiro atoms. The Balaban J connectivity index is 1.66. The van der Waals surface area contributed by atoms with Gasteiger partial charge in [0.1, 0.15) is 5.01 Å². The molecule has 0 saturated carbocycles. The zero-order chi connectivity index (χ0) is 13.9. The molecule has 1 aliphatic rings. The highest BCUT2D eigenvalue weighted by Gasteiger charge is 2.21. The van der Waals surface area contributed by atoms with Crippen LogP contribution in [0.5, 0.6) is 0 Å². The van der Waals surface area contributed by atoms with Crippen molar-refractivity contribution in [2.45, 2.75) is 19.9 Å². The summed E-state index contributed by atoms with van der Waals surface area (Å²) in [6, 6.07) is 8.59. The van der Waals surface area contributed by atoms with Crippen molar-refractivity contribution in [2.24, 2.45) is 11.7 Å². The summed E-state index contributed by atoms with van der Waals surface area (Å²) >= 11 is 1.74. The van der Waals surface area contributed by atoms with E-state index in [1.54, 1.807) is 11.3 Å². The van der Waals surface area contributed by atoms with Crippen LogP contribution in [0.15, 0.2) is 29.6 Å². The van der Waals surface area contributed by atoms with Gasteiger partial charge in [-0.1, -0.05) is 29.8 Å². The van der Waals surface area contributed by atoms with E-state index in [0.717, 1.165) is 31.2 Å². The first-order valence-electron chi connectivity index (χ1n) is 7.18. The summed E-state index contributed by atoms with van der Waals surface area (Å²) in [5.41, 5.74) is 9.43. The molecule has 0 aliphatic carbocycles. The van der Waals surface area contributed by atoms with Gasteiger partial charge in [0, 0.05) is 24.0 Å². The number of hydrogen-bond donors (Lipinski definition) is 1. The molecule has 106 valence electrons. The van der Waals surface area contributed by atoms with E-state index in [1.807, 2.05) is 0 Å². The molecular formula is C16H21N3S. The highest BCUT2D eigenvalue weighted by atomic mass is 32.1. The Labute approximate surface area is 124 Å². The molecule has 1 fully saturated rings. The Hall–Kier alpha value is -1.23. The van der Waals surface area contributed by atoms with Crippen LogP contribution in [-0.2, 0) is 6.54 Å². The number of rotatable bonds is 4. The third kappa shape index (κ3) is 3.08. The van der Waals surface area contributed by atoms with Crippen molar-refractivity contribution in [3.63, 3.8) is 0 Å². The highest BCUT2D eigenvalue weighted by molar-refractivity contribution is 7.13. The molecule has 2 N–H and O–H groups in total. The number of aryl methyl sites for hydroxylation is 1. The Bertz CT molecular complexity index is 561. The molecule has 2 aromatic rings. The number of benzene rings is 1. The smallest absolute Gasteiger partial charge is 0.123 e. The van der Waals surface area contributed by atoms with Crippen molar-refractivity contribution >= 4 is 11.3 Å². The number of nitrogens with zero attached hydrogens (tertiary/aromatic N) is 2. The first kappa shape index (κ1) is 13.7.